The first-order valence-electron chi connectivity index (χ1n) is 8.58. The second kappa shape index (κ2) is 7.27. The van der Waals surface area contributed by atoms with E-state index < -0.39 is 0 Å². The largest absolute Gasteiger partial charge is 0.373 e. The molecule has 0 unspecified atom stereocenters. The molecule has 0 aromatic carbocycles. The van der Waals surface area contributed by atoms with Crippen molar-refractivity contribution in [2.24, 2.45) is 0 Å². The molecule has 0 radical (unpaired) electrons. The Balaban J connectivity index is 1.37. The molecule has 128 valence electrons. The van der Waals surface area contributed by atoms with Crippen molar-refractivity contribution < 1.29 is 9.47 Å². The molecule has 1 aliphatic carbocycles. The van der Waals surface area contributed by atoms with Crippen LogP contribution in [0.2, 0.25) is 0 Å². The van der Waals surface area contributed by atoms with E-state index in [0.717, 1.165) is 43.2 Å². The van der Waals surface area contributed by atoms with Crippen LogP contribution in [0.1, 0.15) is 29.2 Å². The van der Waals surface area contributed by atoms with E-state index in [1.165, 1.54) is 5.69 Å². The molecule has 4 rings (SSSR count). The maximum absolute atomic E-state index is 6.13. The van der Waals surface area contributed by atoms with E-state index >= 15 is 0 Å². The number of hydrogen-bond donors (Lipinski definition) is 0. The number of fused-ring (bicyclic) bond motifs is 1. The first-order chi connectivity index (χ1) is 11.8. The zero-order valence-electron chi connectivity index (χ0n) is 13.9. The number of aryl methyl sites for hydroxylation is 1. The molecule has 2 aromatic rings. The molecule has 1 aliphatic heterocycles. The lowest BCUT2D eigenvalue weighted by Crippen LogP contribution is -2.51. The summed E-state index contributed by atoms with van der Waals surface area (Å²) in [5, 5.41) is 3.31. The highest BCUT2D eigenvalue weighted by Gasteiger charge is 2.43. The van der Waals surface area contributed by atoms with Crippen LogP contribution in [0.5, 0.6) is 0 Å². The topological polar surface area (TPSA) is 47.5 Å². The average Bonchev–Trinajstić information content (AvgIpc) is 3.21. The second-order valence-corrected chi connectivity index (χ2v) is 7.54. The van der Waals surface area contributed by atoms with Gasteiger partial charge in [0.2, 0.25) is 0 Å². The number of thiazole rings is 1. The van der Waals surface area contributed by atoms with Crippen molar-refractivity contribution in [2.45, 2.75) is 51.2 Å². The lowest BCUT2D eigenvalue weighted by molar-refractivity contribution is -0.119. The zero-order valence-corrected chi connectivity index (χ0v) is 14.7. The molecule has 5 nitrogen and oxygen atoms in total. The Morgan fingerprint density at radius 1 is 1.33 bits per heavy atom. The molecule has 0 spiro atoms. The lowest BCUT2D eigenvalue weighted by Gasteiger charge is -2.38. The molecule has 0 N–H and O–H groups in total. The highest BCUT2D eigenvalue weighted by Crippen LogP contribution is 2.33. The summed E-state index contributed by atoms with van der Waals surface area (Å²) in [6, 6.07) is 6.37. The van der Waals surface area contributed by atoms with Crippen LogP contribution in [0.15, 0.2) is 29.8 Å². The number of morpholine rings is 1. The Hall–Kier alpha value is -1.34. The minimum Gasteiger partial charge on any atom is -0.373 e. The van der Waals surface area contributed by atoms with Crippen LogP contribution in [0, 0.1) is 6.92 Å². The van der Waals surface area contributed by atoms with E-state index in [2.05, 4.69) is 27.2 Å². The minimum atomic E-state index is 0.164. The van der Waals surface area contributed by atoms with Crippen molar-refractivity contribution in [2.75, 3.05) is 13.2 Å². The van der Waals surface area contributed by atoms with E-state index in [1.807, 2.05) is 24.4 Å². The predicted molar refractivity (Wildman–Crippen MR) is 92.8 cm³/mol. The number of aromatic nitrogens is 2. The van der Waals surface area contributed by atoms with Gasteiger partial charge >= 0.3 is 0 Å². The Labute approximate surface area is 146 Å². The zero-order chi connectivity index (χ0) is 16.4. The third-order valence-corrected chi connectivity index (χ3v) is 5.68. The van der Waals surface area contributed by atoms with Gasteiger partial charge in [-0.15, -0.1) is 11.3 Å². The number of nitrogens with zero attached hydrogens (tertiary/aromatic N) is 3. The molecule has 3 atom stereocenters. The summed E-state index contributed by atoms with van der Waals surface area (Å²) in [6.45, 7) is 5.29. The van der Waals surface area contributed by atoms with Crippen molar-refractivity contribution in [1.82, 2.24) is 14.9 Å². The Bertz CT molecular complexity index is 663. The van der Waals surface area contributed by atoms with Gasteiger partial charge in [-0.3, -0.25) is 9.88 Å². The van der Waals surface area contributed by atoms with Gasteiger partial charge in [-0.2, -0.15) is 0 Å². The van der Waals surface area contributed by atoms with Crippen LogP contribution < -0.4 is 0 Å². The van der Waals surface area contributed by atoms with Crippen LogP contribution in [0.4, 0.5) is 0 Å². The average molecular weight is 345 g/mol. The fraction of sp³-hybridized carbons (Fsp3) is 0.556. The fourth-order valence-electron chi connectivity index (χ4n) is 3.73. The molecular formula is C18H23N3O2S. The molecule has 2 aromatic heterocycles. The normalized spacial score (nSPS) is 27.3. The standard InChI is InChI=1S/C18H23N3O2S/c1-13-20-15(12-24-13)10-21-8-9-22-18-16(21)5-6-17(18)23-11-14-4-2-3-7-19-14/h2-4,7,12,16-18H,5-6,8-11H2,1H3/t16-,17+,18+/m1/s1. The van der Waals surface area contributed by atoms with Gasteiger partial charge in [-0.05, 0) is 31.9 Å². The van der Waals surface area contributed by atoms with Crippen molar-refractivity contribution in [3.8, 4) is 0 Å². The van der Waals surface area contributed by atoms with Gasteiger partial charge in [0.1, 0.15) is 0 Å². The van der Waals surface area contributed by atoms with Crippen LogP contribution in [-0.4, -0.2) is 46.3 Å². The Kier molecular flexibility index (Phi) is 4.89. The van der Waals surface area contributed by atoms with Gasteiger partial charge in [0, 0.05) is 30.7 Å². The van der Waals surface area contributed by atoms with Gasteiger partial charge in [-0.1, -0.05) is 6.07 Å². The first kappa shape index (κ1) is 16.1. The summed E-state index contributed by atoms with van der Waals surface area (Å²) >= 11 is 1.72. The summed E-state index contributed by atoms with van der Waals surface area (Å²) < 4.78 is 12.2. The number of rotatable bonds is 5. The summed E-state index contributed by atoms with van der Waals surface area (Å²) in [5.74, 6) is 0. The van der Waals surface area contributed by atoms with Gasteiger partial charge in [0.15, 0.2) is 0 Å². The molecule has 0 amide bonds. The smallest absolute Gasteiger partial charge is 0.0992 e. The number of hydrogen-bond acceptors (Lipinski definition) is 6. The van der Waals surface area contributed by atoms with Gasteiger partial charge in [-0.25, -0.2) is 4.98 Å². The summed E-state index contributed by atoms with van der Waals surface area (Å²) in [5.41, 5.74) is 2.16. The van der Waals surface area contributed by atoms with E-state index in [1.54, 1.807) is 11.3 Å². The third-order valence-electron chi connectivity index (χ3n) is 4.85. The van der Waals surface area contributed by atoms with Crippen molar-refractivity contribution in [3.63, 3.8) is 0 Å². The van der Waals surface area contributed by atoms with Crippen LogP contribution in [0.25, 0.3) is 0 Å². The molecule has 0 bridgehead atoms. The quantitative estimate of drug-likeness (QED) is 0.834. The van der Waals surface area contributed by atoms with Crippen molar-refractivity contribution in [1.29, 1.82) is 0 Å². The number of pyridine rings is 1. The highest BCUT2D eigenvalue weighted by molar-refractivity contribution is 7.09. The summed E-state index contributed by atoms with van der Waals surface area (Å²) in [4.78, 5) is 11.5. The van der Waals surface area contributed by atoms with E-state index in [0.29, 0.717) is 12.6 Å². The van der Waals surface area contributed by atoms with E-state index in [-0.39, 0.29) is 12.2 Å². The van der Waals surface area contributed by atoms with Crippen molar-refractivity contribution in [3.05, 3.63) is 46.2 Å². The maximum Gasteiger partial charge on any atom is 0.0992 e. The SMILES string of the molecule is Cc1nc(CN2CCO[C@@H]3[C@@H](OCc4ccccn4)CC[C@H]32)cs1. The molecule has 24 heavy (non-hydrogen) atoms. The van der Waals surface area contributed by atoms with Crippen LogP contribution in [0.3, 0.4) is 0 Å². The second-order valence-electron chi connectivity index (χ2n) is 6.48. The highest BCUT2D eigenvalue weighted by atomic mass is 32.1. The van der Waals surface area contributed by atoms with Gasteiger partial charge < -0.3 is 9.47 Å². The van der Waals surface area contributed by atoms with Crippen LogP contribution >= 0.6 is 11.3 Å². The monoisotopic (exact) mass is 345 g/mol. The van der Waals surface area contributed by atoms with Gasteiger partial charge in [0.05, 0.1) is 41.8 Å². The molecule has 3 heterocycles. The Morgan fingerprint density at radius 3 is 3.08 bits per heavy atom. The molecule has 6 heteroatoms. The molecule has 1 saturated carbocycles. The molecular weight excluding hydrogens is 322 g/mol. The molecule has 2 aliphatic rings. The molecule has 1 saturated heterocycles. The number of ether oxygens (including phenoxy) is 2. The predicted octanol–water partition coefficient (Wildman–Crippen LogP) is 2.80. The van der Waals surface area contributed by atoms with Crippen molar-refractivity contribution >= 4 is 11.3 Å². The van der Waals surface area contributed by atoms with E-state index in [9.17, 15) is 0 Å². The fourth-order valence-corrected chi connectivity index (χ4v) is 4.34. The molecule has 2 fully saturated rings. The lowest BCUT2D eigenvalue weighted by atomic mass is 10.1. The van der Waals surface area contributed by atoms with E-state index in [4.69, 9.17) is 9.47 Å². The summed E-state index contributed by atoms with van der Waals surface area (Å²) in [6.07, 6.45) is 4.32. The third kappa shape index (κ3) is 3.52. The maximum atomic E-state index is 6.13. The summed E-state index contributed by atoms with van der Waals surface area (Å²) in [7, 11) is 0. The Morgan fingerprint density at radius 2 is 2.29 bits per heavy atom. The van der Waals surface area contributed by atoms with Gasteiger partial charge in [0.25, 0.3) is 0 Å². The minimum absolute atomic E-state index is 0.164. The van der Waals surface area contributed by atoms with Crippen LogP contribution in [-0.2, 0) is 22.6 Å². The first-order valence-corrected chi connectivity index (χ1v) is 9.46.